The number of carboxylic acid groups (broad SMARTS) is 1. The number of benzene rings is 3. The molecule has 3 aromatic carbocycles. The first kappa shape index (κ1) is 27.9. The first-order valence-electron chi connectivity index (χ1n) is 13.3. The molecular weight excluding hydrogens is 536 g/mol. The number of ketones is 1. The average Bonchev–Trinajstić information content (AvgIpc) is 3.62. The molecule has 0 aliphatic heterocycles. The van der Waals surface area contributed by atoms with Gasteiger partial charge in [-0.05, 0) is 49.1 Å². The highest BCUT2D eigenvalue weighted by atomic mass is 32.1. The lowest BCUT2D eigenvalue weighted by atomic mass is 10.0. The summed E-state index contributed by atoms with van der Waals surface area (Å²) in [5, 5.41) is 15.8. The lowest BCUT2D eigenvalue weighted by molar-refractivity contribution is -0.139. The third kappa shape index (κ3) is 6.73. The Morgan fingerprint density at radius 3 is 2.51 bits per heavy atom. The van der Waals surface area contributed by atoms with Crippen LogP contribution >= 0.6 is 11.3 Å². The van der Waals surface area contributed by atoms with Crippen LogP contribution in [-0.2, 0) is 17.6 Å². The molecule has 2 aromatic heterocycles. The van der Waals surface area contributed by atoms with Crippen LogP contribution in [0.5, 0.6) is 5.75 Å². The van der Waals surface area contributed by atoms with E-state index in [2.05, 4.69) is 10.3 Å². The zero-order valence-corrected chi connectivity index (χ0v) is 23.6. The van der Waals surface area contributed by atoms with Crippen LogP contribution in [0.2, 0.25) is 0 Å². The highest BCUT2D eigenvalue weighted by Crippen LogP contribution is 2.34. The fraction of sp³-hybridized carbons (Fsp3) is 0.182. The SMILES string of the molecule is C/C(=C\C(=O)c1ccccc1)NC(Cc1ccc(OCCc2nc(-c3ccccc3)oc2C)c2ccsc12)C(=O)O. The molecule has 0 aliphatic rings. The van der Waals surface area contributed by atoms with E-state index in [1.165, 1.54) is 6.08 Å². The topological polar surface area (TPSA) is 102 Å². The van der Waals surface area contributed by atoms with E-state index >= 15 is 0 Å². The summed E-state index contributed by atoms with van der Waals surface area (Å²) in [6.07, 6.45) is 2.27. The number of carbonyl (C=O) groups is 2. The number of rotatable bonds is 12. The molecule has 7 nitrogen and oxygen atoms in total. The molecule has 8 heteroatoms. The number of allylic oxidation sites excluding steroid dienone is 2. The monoisotopic (exact) mass is 566 g/mol. The molecule has 41 heavy (non-hydrogen) atoms. The van der Waals surface area contributed by atoms with Gasteiger partial charge in [-0.3, -0.25) is 4.79 Å². The second-order valence-corrected chi connectivity index (χ2v) is 10.6. The van der Waals surface area contributed by atoms with Crippen molar-refractivity contribution in [3.05, 3.63) is 119 Å². The van der Waals surface area contributed by atoms with E-state index in [0.29, 0.717) is 30.2 Å². The molecule has 0 amide bonds. The maximum atomic E-state index is 12.5. The summed E-state index contributed by atoms with van der Waals surface area (Å²) in [5.74, 6) is 0.926. The van der Waals surface area contributed by atoms with Gasteiger partial charge in [-0.2, -0.15) is 0 Å². The third-order valence-corrected chi connectivity index (χ3v) is 7.69. The van der Waals surface area contributed by atoms with Gasteiger partial charge in [0.25, 0.3) is 0 Å². The Labute approximate surface area is 242 Å². The van der Waals surface area contributed by atoms with Crippen LogP contribution in [0.15, 0.2) is 100 Å². The molecule has 0 fully saturated rings. The number of oxazole rings is 1. The number of aliphatic carboxylic acids is 1. The van der Waals surface area contributed by atoms with Crippen molar-refractivity contribution < 1.29 is 23.8 Å². The van der Waals surface area contributed by atoms with Crippen LogP contribution in [0, 0.1) is 6.92 Å². The van der Waals surface area contributed by atoms with E-state index in [0.717, 1.165) is 38.4 Å². The molecular formula is C33H30N2O5S. The van der Waals surface area contributed by atoms with Gasteiger partial charge in [0.05, 0.1) is 12.3 Å². The Balaban J connectivity index is 1.25. The number of ether oxygens (including phenoxy) is 1. The Morgan fingerprint density at radius 2 is 1.78 bits per heavy atom. The fourth-order valence-corrected chi connectivity index (χ4v) is 5.56. The number of hydrogen-bond acceptors (Lipinski definition) is 7. The van der Waals surface area contributed by atoms with Crippen LogP contribution in [-0.4, -0.2) is 34.5 Å². The van der Waals surface area contributed by atoms with Crippen LogP contribution in [0.25, 0.3) is 21.5 Å². The summed E-state index contributed by atoms with van der Waals surface area (Å²) in [4.78, 5) is 29.3. The van der Waals surface area contributed by atoms with Gasteiger partial charge in [0.15, 0.2) is 5.78 Å². The predicted octanol–water partition coefficient (Wildman–Crippen LogP) is 6.86. The first-order valence-corrected chi connectivity index (χ1v) is 14.2. The van der Waals surface area contributed by atoms with Crippen molar-refractivity contribution in [2.75, 3.05) is 6.61 Å². The van der Waals surface area contributed by atoms with Crippen LogP contribution in [0.3, 0.4) is 0 Å². The molecule has 2 N–H and O–H groups in total. The minimum absolute atomic E-state index is 0.181. The number of hydrogen-bond donors (Lipinski definition) is 2. The van der Waals surface area contributed by atoms with Crippen molar-refractivity contribution in [2.24, 2.45) is 0 Å². The van der Waals surface area contributed by atoms with Crippen molar-refractivity contribution in [3.8, 4) is 17.2 Å². The molecule has 5 aromatic rings. The predicted molar refractivity (Wildman–Crippen MR) is 160 cm³/mol. The van der Waals surface area contributed by atoms with Gasteiger partial charge in [-0.25, -0.2) is 9.78 Å². The average molecular weight is 567 g/mol. The number of nitrogens with zero attached hydrogens (tertiary/aromatic N) is 1. The minimum atomic E-state index is -0.993. The smallest absolute Gasteiger partial charge is 0.326 e. The second kappa shape index (κ2) is 12.7. The largest absolute Gasteiger partial charge is 0.493 e. The second-order valence-electron chi connectivity index (χ2n) is 9.67. The van der Waals surface area contributed by atoms with Gasteiger partial charge in [-0.15, -0.1) is 11.3 Å². The summed E-state index contributed by atoms with van der Waals surface area (Å²) >= 11 is 1.55. The summed E-state index contributed by atoms with van der Waals surface area (Å²) in [6, 6.07) is 23.6. The number of aryl methyl sites for hydroxylation is 1. The summed E-state index contributed by atoms with van der Waals surface area (Å²) in [5.41, 5.74) is 3.72. The lowest BCUT2D eigenvalue weighted by Gasteiger charge is -2.17. The Morgan fingerprint density at radius 1 is 1.05 bits per heavy atom. The Bertz CT molecular complexity index is 1690. The highest BCUT2D eigenvalue weighted by molar-refractivity contribution is 7.17. The number of carbonyl (C=O) groups excluding carboxylic acids is 1. The van der Waals surface area contributed by atoms with Crippen LogP contribution in [0.4, 0.5) is 0 Å². The van der Waals surface area contributed by atoms with Gasteiger partial charge < -0.3 is 19.6 Å². The Kier molecular flexibility index (Phi) is 8.60. The van der Waals surface area contributed by atoms with Gasteiger partial charge in [0.2, 0.25) is 5.89 Å². The Hall–Kier alpha value is -4.69. The summed E-state index contributed by atoms with van der Waals surface area (Å²) in [6.45, 7) is 4.03. The third-order valence-electron chi connectivity index (χ3n) is 6.70. The van der Waals surface area contributed by atoms with Gasteiger partial charge in [-0.1, -0.05) is 54.6 Å². The van der Waals surface area contributed by atoms with E-state index < -0.39 is 12.0 Å². The number of carboxylic acids is 1. The normalized spacial score (nSPS) is 12.3. The first-order chi connectivity index (χ1) is 19.9. The molecule has 208 valence electrons. The van der Waals surface area contributed by atoms with E-state index in [1.54, 1.807) is 42.5 Å². The molecule has 5 rings (SSSR count). The van der Waals surface area contributed by atoms with Crippen molar-refractivity contribution in [2.45, 2.75) is 32.7 Å². The molecule has 0 spiro atoms. The van der Waals surface area contributed by atoms with Crippen LogP contribution < -0.4 is 10.1 Å². The maximum Gasteiger partial charge on any atom is 0.326 e. The van der Waals surface area contributed by atoms with Gasteiger partial charge >= 0.3 is 5.97 Å². The molecule has 0 aliphatic carbocycles. The standard InChI is InChI=1S/C33H30N2O5S/c1-21(19-29(36)23-9-5-3-6-10-23)34-28(33(37)38)20-25-13-14-30(26-16-18-41-31(25)26)39-17-15-27-22(2)40-32(35-27)24-11-7-4-8-12-24/h3-14,16,18-19,28,34H,15,17,20H2,1-2H3,(H,37,38)/b21-19+. The molecule has 1 unspecified atom stereocenters. The highest BCUT2D eigenvalue weighted by Gasteiger charge is 2.21. The van der Waals surface area contributed by atoms with Gasteiger partial charge in [0.1, 0.15) is 17.6 Å². The molecule has 0 saturated carbocycles. The molecule has 0 bridgehead atoms. The maximum absolute atomic E-state index is 12.5. The molecule has 2 heterocycles. The van der Waals surface area contributed by atoms with E-state index in [9.17, 15) is 14.7 Å². The number of aromatic nitrogens is 1. The van der Waals surface area contributed by atoms with Crippen molar-refractivity contribution in [1.29, 1.82) is 0 Å². The number of nitrogens with one attached hydrogen (secondary N) is 1. The van der Waals surface area contributed by atoms with E-state index in [1.807, 2.05) is 66.9 Å². The number of thiophene rings is 1. The van der Waals surface area contributed by atoms with E-state index in [4.69, 9.17) is 9.15 Å². The zero-order chi connectivity index (χ0) is 28.8. The minimum Gasteiger partial charge on any atom is -0.493 e. The van der Waals surface area contributed by atoms with Gasteiger partial charge in [0, 0.05) is 45.8 Å². The van der Waals surface area contributed by atoms with Crippen molar-refractivity contribution >= 4 is 33.2 Å². The molecule has 0 saturated heterocycles. The lowest BCUT2D eigenvalue weighted by Crippen LogP contribution is -2.37. The van der Waals surface area contributed by atoms with E-state index in [-0.39, 0.29) is 12.2 Å². The molecule has 0 radical (unpaired) electrons. The van der Waals surface area contributed by atoms with Crippen LogP contribution in [0.1, 0.15) is 34.3 Å². The number of fused-ring (bicyclic) bond motifs is 1. The molecule has 1 atom stereocenters. The summed E-state index contributed by atoms with van der Waals surface area (Å²) < 4.78 is 13.0. The zero-order valence-electron chi connectivity index (χ0n) is 22.8. The van der Waals surface area contributed by atoms with Crippen molar-refractivity contribution in [1.82, 2.24) is 10.3 Å². The summed E-state index contributed by atoms with van der Waals surface area (Å²) in [7, 11) is 0. The van der Waals surface area contributed by atoms with Crippen molar-refractivity contribution in [3.63, 3.8) is 0 Å². The fourth-order valence-electron chi connectivity index (χ4n) is 4.62. The quantitative estimate of drug-likeness (QED) is 0.126.